The van der Waals surface area contributed by atoms with E-state index in [1.54, 1.807) is 0 Å². The highest BCUT2D eigenvalue weighted by molar-refractivity contribution is 5.80. The van der Waals surface area contributed by atoms with Crippen LogP contribution < -0.4 is 4.74 Å². The molecule has 5 nitrogen and oxygen atoms in total. The van der Waals surface area contributed by atoms with Crippen molar-refractivity contribution in [3.8, 4) is 5.75 Å². The van der Waals surface area contributed by atoms with Crippen molar-refractivity contribution in [2.75, 3.05) is 32.8 Å². The average molecular weight is 401 g/mol. The molecule has 1 aromatic carbocycles. The van der Waals surface area contributed by atoms with Crippen LogP contribution in [0.5, 0.6) is 5.75 Å². The van der Waals surface area contributed by atoms with Gasteiger partial charge in [-0.1, -0.05) is 57.7 Å². The number of nitrogens with zero attached hydrogens (tertiary/aromatic N) is 2. The van der Waals surface area contributed by atoms with E-state index in [1.807, 2.05) is 21.9 Å². The first kappa shape index (κ1) is 21.7. The lowest BCUT2D eigenvalue weighted by Gasteiger charge is -2.37. The topological polar surface area (TPSA) is 49.9 Å². The van der Waals surface area contributed by atoms with Crippen molar-refractivity contribution in [1.82, 2.24) is 9.80 Å². The molecule has 1 saturated heterocycles. The predicted octanol–water partition coefficient (Wildman–Crippen LogP) is 3.92. The van der Waals surface area contributed by atoms with Crippen LogP contribution in [-0.4, -0.2) is 54.4 Å². The highest BCUT2D eigenvalue weighted by Crippen LogP contribution is 2.32. The van der Waals surface area contributed by atoms with Gasteiger partial charge in [-0.05, 0) is 36.8 Å². The highest BCUT2D eigenvalue weighted by Gasteiger charge is 2.30. The van der Waals surface area contributed by atoms with Gasteiger partial charge in [-0.15, -0.1) is 0 Å². The number of benzene rings is 1. The number of carbonyl (C=O) groups excluding carboxylic acids is 2. The van der Waals surface area contributed by atoms with Crippen molar-refractivity contribution in [3.05, 3.63) is 29.3 Å². The Kier molecular flexibility index (Phi) is 6.86. The molecular formula is C24H36N2O3. The lowest BCUT2D eigenvalue weighted by Crippen LogP contribution is -2.53. The number of rotatable bonds is 4. The van der Waals surface area contributed by atoms with Crippen LogP contribution in [-0.2, 0) is 15.0 Å². The molecule has 0 N–H and O–H groups in total. The Labute approximate surface area is 175 Å². The van der Waals surface area contributed by atoms with Gasteiger partial charge in [-0.2, -0.15) is 0 Å². The van der Waals surface area contributed by atoms with Gasteiger partial charge >= 0.3 is 0 Å². The number of hydrogen-bond donors (Lipinski definition) is 0. The van der Waals surface area contributed by atoms with E-state index in [0.29, 0.717) is 32.1 Å². The Morgan fingerprint density at radius 1 is 1.00 bits per heavy atom. The van der Waals surface area contributed by atoms with Crippen molar-refractivity contribution in [2.45, 2.75) is 65.2 Å². The Balaban J connectivity index is 1.51. The zero-order valence-electron chi connectivity index (χ0n) is 18.5. The quantitative estimate of drug-likeness (QED) is 0.770. The van der Waals surface area contributed by atoms with Crippen molar-refractivity contribution in [1.29, 1.82) is 0 Å². The summed E-state index contributed by atoms with van der Waals surface area (Å²) in [5.41, 5.74) is 2.26. The summed E-state index contributed by atoms with van der Waals surface area (Å²) in [5, 5.41) is 0. The number of aryl methyl sites for hydroxylation is 1. The molecule has 5 heteroatoms. The molecular weight excluding hydrogens is 364 g/mol. The second kappa shape index (κ2) is 9.19. The minimum atomic E-state index is -0.0461. The van der Waals surface area contributed by atoms with E-state index in [9.17, 15) is 9.59 Å². The lowest BCUT2D eigenvalue weighted by atomic mass is 9.85. The van der Waals surface area contributed by atoms with E-state index in [0.717, 1.165) is 24.2 Å². The summed E-state index contributed by atoms with van der Waals surface area (Å²) in [5.74, 6) is 1.27. The van der Waals surface area contributed by atoms with Crippen molar-refractivity contribution in [3.63, 3.8) is 0 Å². The Bertz CT molecular complexity index is 724. The summed E-state index contributed by atoms with van der Waals surface area (Å²) in [6.45, 7) is 11.0. The zero-order valence-corrected chi connectivity index (χ0v) is 18.5. The third kappa shape index (κ3) is 5.52. The Morgan fingerprint density at radius 3 is 2.24 bits per heavy atom. The molecule has 1 heterocycles. The van der Waals surface area contributed by atoms with Gasteiger partial charge in [0, 0.05) is 32.1 Å². The van der Waals surface area contributed by atoms with Gasteiger partial charge < -0.3 is 14.5 Å². The van der Waals surface area contributed by atoms with Crippen LogP contribution in [0.1, 0.15) is 64.0 Å². The van der Waals surface area contributed by atoms with Crippen LogP contribution in [0.15, 0.2) is 18.2 Å². The molecule has 0 aromatic heterocycles. The Morgan fingerprint density at radius 2 is 1.62 bits per heavy atom. The fraction of sp³-hybridized carbons (Fsp3) is 0.667. The van der Waals surface area contributed by atoms with Crippen LogP contribution in [0.4, 0.5) is 0 Å². The normalized spacial score (nSPS) is 18.6. The summed E-state index contributed by atoms with van der Waals surface area (Å²) in [4.78, 5) is 29.2. The van der Waals surface area contributed by atoms with Gasteiger partial charge in [0.2, 0.25) is 5.91 Å². The molecule has 1 aliphatic carbocycles. The van der Waals surface area contributed by atoms with E-state index in [-0.39, 0.29) is 23.8 Å². The highest BCUT2D eigenvalue weighted by atomic mass is 16.5. The molecule has 29 heavy (non-hydrogen) atoms. The molecule has 2 fully saturated rings. The molecule has 1 aliphatic heterocycles. The summed E-state index contributed by atoms with van der Waals surface area (Å²) in [7, 11) is 0. The van der Waals surface area contributed by atoms with Gasteiger partial charge in [0.25, 0.3) is 5.91 Å². The number of hydrogen-bond acceptors (Lipinski definition) is 3. The number of carbonyl (C=O) groups is 2. The lowest BCUT2D eigenvalue weighted by molar-refractivity contribution is -0.143. The van der Waals surface area contributed by atoms with Crippen molar-refractivity contribution >= 4 is 11.8 Å². The Hall–Kier alpha value is -2.04. The van der Waals surface area contributed by atoms with Crippen LogP contribution in [0.25, 0.3) is 0 Å². The number of amides is 2. The van der Waals surface area contributed by atoms with Gasteiger partial charge in [-0.3, -0.25) is 9.59 Å². The summed E-state index contributed by atoms with van der Waals surface area (Å²) < 4.78 is 5.93. The van der Waals surface area contributed by atoms with E-state index in [1.165, 1.54) is 24.8 Å². The monoisotopic (exact) mass is 400 g/mol. The summed E-state index contributed by atoms with van der Waals surface area (Å²) in [6, 6.07) is 6.12. The van der Waals surface area contributed by atoms with E-state index < -0.39 is 0 Å². The van der Waals surface area contributed by atoms with E-state index in [4.69, 9.17) is 4.74 Å². The molecule has 0 spiro atoms. The third-order valence-electron chi connectivity index (χ3n) is 6.19. The second-order valence-electron chi connectivity index (χ2n) is 9.58. The molecule has 160 valence electrons. The van der Waals surface area contributed by atoms with Gasteiger partial charge in [0.15, 0.2) is 6.61 Å². The average Bonchev–Trinajstić information content (AvgIpc) is 2.72. The molecule has 0 atom stereocenters. The summed E-state index contributed by atoms with van der Waals surface area (Å²) >= 11 is 0. The molecule has 0 bridgehead atoms. The van der Waals surface area contributed by atoms with Gasteiger partial charge in [0.05, 0.1) is 0 Å². The van der Waals surface area contributed by atoms with Crippen LogP contribution in [0, 0.1) is 12.8 Å². The van der Waals surface area contributed by atoms with Crippen LogP contribution >= 0.6 is 0 Å². The maximum Gasteiger partial charge on any atom is 0.260 e. The molecule has 1 saturated carbocycles. The predicted molar refractivity (Wildman–Crippen MR) is 115 cm³/mol. The largest absolute Gasteiger partial charge is 0.483 e. The summed E-state index contributed by atoms with van der Waals surface area (Å²) in [6.07, 6.45) is 5.64. The first-order chi connectivity index (χ1) is 13.8. The van der Waals surface area contributed by atoms with Gasteiger partial charge in [-0.25, -0.2) is 0 Å². The molecule has 3 rings (SSSR count). The van der Waals surface area contributed by atoms with E-state index in [2.05, 4.69) is 33.8 Å². The number of piperazine rings is 1. The standard InChI is InChI=1S/C24H36N2O3/c1-18-10-11-21(20(16-18)24(2,3)4)29-17-22(27)25-12-14-26(15-13-25)23(28)19-8-6-5-7-9-19/h10-11,16,19H,5-9,12-15,17H2,1-4H3. The smallest absolute Gasteiger partial charge is 0.260 e. The zero-order chi connectivity index (χ0) is 21.0. The molecule has 1 aromatic rings. The molecule has 2 aliphatic rings. The fourth-order valence-electron chi connectivity index (χ4n) is 4.37. The van der Waals surface area contributed by atoms with E-state index >= 15 is 0 Å². The first-order valence-corrected chi connectivity index (χ1v) is 11.1. The SMILES string of the molecule is Cc1ccc(OCC(=O)N2CCN(C(=O)C3CCCCC3)CC2)c(C(C)(C)C)c1. The van der Waals surface area contributed by atoms with Crippen molar-refractivity contribution in [2.24, 2.45) is 5.92 Å². The molecule has 0 radical (unpaired) electrons. The molecule has 0 unspecified atom stereocenters. The second-order valence-corrected chi connectivity index (χ2v) is 9.58. The van der Waals surface area contributed by atoms with Crippen molar-refractivity contribution < 1.29 is 14.3 Å². The fourth-order valence-corrected chi connectivity index (χ4v) is 4.37. The van der Waals surface area contributed by atoms with Gasteiger partial charge in [0.1, 0.15) is 5.75 Å². The minimum Gasteiger partial charge on any atom is -0.483 e. The maximum atomic E-state index is 12.7. The maximum absolute atomic E-state index is 12.7. The number of ether oxygens (including phenoxy) is 1. The molecule has 2 amide bonds. The first-order valence-electron chi connectivity index (χ1n) is 11.1. The van der Waals surface area contributed by atoms with Crippen LogP contribution in [0.2, 0.25) is 0 Å². The third-order valence-corrected chi connectivity index (χ3v) is 6.19. The minimum absolute atomic E-state index is 0.00444. The van der Waals surface area contributed by atoms with Crippen LogP contribution in [0.3, 0.4) is 0 Å².